The summed E-state index contributed by atoms with van der Waals surface area (Å²) in [4.78, 5) is 14.2. The summed E-state index contributed by atoms with van der Waals surface area (Å²) in [7, 11) is 1.79. The van der Waals surface area contributed by atoms with Crippen LogP contribution in [0, 0.1) is 0 Å². The number of aromatic amines is 1. The minimum absolute atomic E-state index is 0.113. The number of hydrogen-bond acceptors (Lipinski definition) is 3. The van der Waals surface area contributed by atoms with Gasteiger partial charge in [0, 0.05) is 24.5 Å². The SMILES string of the molecule is CN(Cc1cnn(-c2ccccc2)c1)C(=O)NCc1n[nH]c2c1CCCCC2. The summed E-state index contributed by atoms with van der Waals surface area (Å²) >= 11 is 0. The molecule has 0 saturated carbocycles. The van der Waals surface area contributed by atoms with Gasteiger partial charge in [0.25, 0.3) is 0 Å². The van der Waals surface area contributed by atoms with E-state index in [0.29, 0.717) is 13.1 Å². The second kappa shape index (κ2) is 8.29. The van der Waals surface area contributed by atoms with Crippen molar-refractivity contribution >= 4 is 6.03 Å². The molecule has 0 spiro atoms. The molecule has 7 heteroatoms. The number of nitrogens with zero attached hydrogens (tertiary/aromatic N) is 4. The van der Waals surface area contributed by atoms with Crippen LogP contribution in [-0.4, -0.2) is 38.0 Å². The van der Waals surface area contributed by atoms with Crippen molar-refractivity contribution < 1.29 is 4.79 Å². The largest absolute Gasteiger partial charge is 0.332 e. The van der Waals surface area contributed by atoms with Gasteiger partial charge in [-0.2, -0.15) is 10.2 Å². The van der Waals surface area contributed by atoms with Gasteiger partial charge < -0.3 is 10.2 Å². The quantitative estimate of drug-likeness (QED) is 0.669. The highest BCUT2D eigenvalue weighted by molar-refractivity contribution is 5.73. The molecular formula is C21H26N6O. The van der Waals surface area contributed by atoms with Gasteiger partial charge in [-0.3, -0.25) is 5.10 Å². The van der Waals surface area contributed by atoms with Gasteiger partial charge in [0.15, 0.2) is 0 Å². The van der Waals surface area contributed by atoms with E-state index in [9.17, 15) is 4.79 Å². The van der Waals surface area contributed by atoms with Crippen LogP contribution in [0.3, 0.4) is 0 Å². The van der Waals surface area contributed by atoms with Crippen LogP contribution in [0.4, 0.5) is 4.79 Å². The molecule has 0 saturated heterocycles. The maximum Gasteiger partial charge on any atom is 0.317 e. The maximum atomic E-state index is 12.5. The zero-order valence-corrected chi connectivity index (χ0v) is 16.2. The molecule has 0 aliphatic heterocycles. The summed E-state index contributed by atoms with van der Waals surface area (Å²) in [5.74, 6) is 0. The van der Waals surface area contributed by atoms with Crippen LogP contribution in [0.2, 0.25) is 0 Å². The molecular weight excluding hydrogens is 352 g/mol. The molecule has 2 N–H and O–H groups in total. The molecule has 28 heavy (non-hydrogen) atoms. The molecule has 0 unspecified atom stereocenters. The first-order valence-corrected chi connectivity index (χ1v) is 9.83. The number of aryl methyl sites for hydroxylation is 1. The maximum absolute atomic E-state index is 12.5. The number of rotatable bonds is 5. The van der Waals surface area contributed by atoms with Crippen LogP contribution in [0.5, 0.6) is 0 Å². The summed E-state index contributed by atoms with van der Waals surface area (Å²) in [6.07, 6.45) is 9.51. The van der Waals surface area contributed by atoms with Crippen molar-refractivity contribution in [3.63, 3.8) is 0 Å². The fourth-order valence-corrected chi connectivity index (χ4v) is 3.68. The number of carbonyl (C=O) groups is 1. The molecule has 0 radical (unpaired) electrons. The molecule has 2 aromatic heterocycles. The third kappa shape index (κ3) is 4.08. The number of benzene rings is 1. The van der Waals surface area contributed by atoms with Crippen LogP contribution < -0.4 is 5.32 Å². The molecule has 1 aliphatic carbocycles. The molecule has 1 aliphatic rings. The highest BCUT2D eigenvalue weighted by atomic mass is 16.2. The molecule has 4 rings (SSSR count). The van der Waals surface area contributed by atoms with Crippen molar-refractivity contribution in [2.24, 2.45) is 0 Å². The van der Waals surface area contributed by atoms with Gasteiger partial charge in [0.2, 0.25) is 0 Å². The Bertz CT molecular complexity index is 930. The standard InChI is InChI=1S/C21H26N6O/c1-26(14-16-12-23-27(15-16)17-8-4-2-5-9-17)21(28)22-13-20-18-10-6-3-7-11-19(18)24-25-20/h2,4-5,8-9,12,15H,3,6-7,10-11,13-14H2,1H3,(H,22,28)(H,24,25). The molecule has 2 amide bonds. The number of amides is 2. The number of nitrogens with one attached hydrogen (secondary N) is 2. The number of fused-ring (bicyclic) bond motifs is 1. The average molecular weight is 378 g/mol. The Morgan fingerprint density at radius 2 is 2.04 bits per heavy atom. The first-order valence-electron chi connectivity index (χ1n) is 9.83. The summed E-state index contributed by atoms with van der Waals surface area (Å²) < 4.78 is 1.82. The number of aromatic nitrogens is 4. The number of para-hydroxylation sites is 1. The van der Waals surface area contributed by atoms with E-state index in [1.165, 1.54) is 30.5 Å². The predicted molar refractivity (Wildman–Crippen MR) is 107 cm³/mol. The Morgan fingerprint density at radius 3 is 2.89 bits per heavy atom. The Labute approximate surface area is 164 Å². The second-order valence-corrected chi connectivity index (χ2v) is 7.33. The van der Waals surface area contributed by atoms with Gasteiger partial charge in [-0.05, 0) is 43.4 Å². The minimum atomic E-state index is -0.113. The van der Waals surface area contributed by atoms with Gasteiger partial charge in [0.1, 0.15) is 0 Å². The number of hydrogen-bond donors (Lipinski definition) is 2. The molecule has 7 nitrogen and oxygen atoms in total. The van der Waals surface area contributed by atoms with Gasteiger partial charge in [-0.1, -0.05) is 24.6 Å². The molecule has 1 aromatic carbocycles. The van der Waals surface area contributed by atoms with Crippen LogP contribution in [0.15, 0.2) is 42.7 Å². The molecule has 0 fully saturated rings. The zero-order chi connectivity index (χ0) is 19.3. The van der Waals surface area contributed by atoms with E-state index in [1.54, 1.807) is 18.1 Å². The third-order valence-corrected chi connectivity index (χ3v) is 5.22. The third-order valence-electron chi connectivity index (χ3n) is 5.22. The van der Waals surface area contributed by atoms with Crippen LogP contribution in [0.25, 0.3) is 5.69 Å². The Hall–Kier alpha value is -3.09. The van der Waals surface area contributed by atoms with E-state index in [0.717, 1.165) is 29.8 Å². The van der Waals surface area contributed by atoms with Crippen molar-refractivity contribution in [3.8, 4) is 5.69 Å². The zero-order valence-electron chi connectivity index (χ0n) is 16.2. The summed E-state index contributed by atoms with van der Waals surface area (Å²) in [5.41, 5.74) is 5.48. The monoisotopic (exact) mass is 378 g/mol. The molecule has 3 aromatic rings. The Balaban J connectivity index is 1.33. The number of H-pyrrole nitrogens is 1. The van der Waals surface area contributed by atoms with Crippen molar-refractivity contribution in [1.29, 1.82) is 0 Å². The molecule has 2 heterocycles. The lowest BCUT2D eigenvalue weighted by Crippen LogP contribution is -2.36. The van der Waals surface area contributed by atoms with E-state index < -0.39 is 0 Å². The predicted octanol–water partition coefficient (Wildman–Crippen LogP) is 3.21. The van der Waals surface area contributed by atoms with E-state index in [2.05, 4.69) is 20.6 Å². The van der Waals surface area contributed by atoms with E-state index in [1.807, 2.05) is 41.2 Å². The summed E-state index contributed by atoms with van der Waals surface area (Å²) in [5, 5.41) is 14.9. The van der Waals surface area contributed by atoms with Crippen LogP contribution in [-0.2, 0) is 25.9 Å². The summed E-state index contributed by atoms with van der Waals surface area (Å²) in [6.45, 7) is 0.954. The highest BCUT2D eigenvalue weighted by Gasteiger charge is 2.17. The normalized spacial score (nSPS) is 13.6. The average Bonchev–Trinajstić information content (AvgIpc) is 3.27. The van der Waals surface area contributed by atoms with Crippen molar-refractivity contribution in [2.45, 2.75) is 45.2 Å². The van der Waals surface area contributed by atoms with E-state index >= 15 is 0 Å². The van der Waals surface area contributed by atoms with Gasteiger partial charge in [0.05, 0.1) is 30.7 Å². The van der Waals surface area contributed by atoms with E-state index in [4.69, 9.17) is 0 Å². The molecule has 146 valence electrons. The highest BCUT2D eigenvalue weighted by Crippen LogP contribution is 2.21. The Kier molecular flexibility index (Phi) is 5.41. The van der Waals surface area contributed by atoms with Crippen LogP contribution >= 0.6 is 0 Å². The lowest BCUT2D eigenvalue weighted by atomic mass is 10.1. The van der Waals surface area contributed by atoms with Crippen LogP contribution in [0.1, 0.15) is 41.8 Å². The lowest BCUT2D eigenvalue weighted by molar-refractivity contribution is 0.206. The van der Waals surface area contributed by atoms with E-state index in [-0.39, 0.29) is 6.03 Å². The van der Waals surface area contributed by atoms with Crippen molar-refractivity contribution in [3.05, 3.63) is 65.2 Å². The smallest absolute Gasteiger partial charge is 0.317 e. The molecule has 0 atom stereocenters. The Morgan fingerprint density at radius 1 is 1.21 bits per heavy atom. The number of urea groups is 1. The van der Waals surface area contributed by atoms with Crippen molar-refractivity contribution in [1.82, 2.24) is 30.2 Å². The first kappa shape index (κ1) is 18.3. The van der Waals surface area contributed by atoms with Gasteiger partial charge in [-0.15, -0.1) is 0 Å². The van der Waals surface area contributed by atoms with Gasteiger partial charge in [-0.25, -0.2) is 9.48 Å². The first-order chi connectivity index (χ1) is 13.7. The lowest BCUT2D eigenvalue weighted by Gasteiger charge is -2.17. The second-order valence-electron chi connectivity index (χ2n) is 7.33. The summed E-state index contributed by atoms with van der Waals surface area (Å²) in [6, 6.07) is 9.82. The number of carbonyl (C=O) groups excluding carboxylic acids is 1. The topological polar surface area (TPSA) is 78.8 Å². The van der Waals surface area contributed by atoms with Crippen molar-refractivity contribution in [2.75, 3.05) is 7.05 Å². The minimum Gasteiger partial charge on any atom is -0.332 e. The molecule has 0 bridgehead atoms. The fraction of sp³-hybridized carbons (Fsp3) is 0.381. The van der Waals surface area contributed by atoms with Gasteiger partial charge >= 0.3 is 6.03 Å². The fourth-order valence-electron chi connectivity index (χ4n) is 3.68.